The van der Waals surface area contributed by atoms with Crippen LogP contribution in [0, 0.1) is 11.8 Å². The maximum atomic E-state index is 13.2. The molecule has 280 valence electrons. The smallest absolute Gasteiger partial charge is 0.328 e. The van der Waals surface area contributed by atoms with Crippen LogP contribution in [0.3, 0.4) is 0 Å². The predicted octanol–water partition coefficient (Wildman–Crippen LogP) is 5.12. The number of imidazole rings is 1. The Kier molecular flexibility index (Phi) is 9.08. The van der Waals surface area contributed by atoms with E-state index < -0.39 is 17.9 Å². The normalized spacial score (nSPS) is 15.3. The molecule has 0 saturated carbocycles. The van der Waals surface area contributed by atoms with Gasteiger partial charge in [0, 0.05) is 68.0 Å². The number of pyridine rings is 2. The van der Waals surface area contributed by atoms with Gasteiger partial charge in [0.25, 0.3) is 11.8 Å². The largest absolute Gasteiger partial charge is 0.364 e. The van der Waals surface area contributed by atoms with Gasteiger partial charge in [0.2, 0.25) is 11.8 Å². The quantitative estimate of drug-likeness (QED) is 0.169. The highest BCUT2D eigenvalue weighted by Gasteiger charge is 2.39. The van der Waals surface area contributed by atoms with Crippen molar-refractivity contribution in [3.63, 3.8) is 0 Å². The summed E-state index contributed by atoms with van der Waals surface area (Å²) in [5.41, 5.74) is 14.7. The number of nitrogens with one attached hydrogen (secondary N) is 1. The number of carbonyl (C=O) groups excluding carboxylic acids is 4. The summed E-state index contributed by atoms with van der Waals surface area (Å²) in [6, 6.07) is 18.8. The summed E-state index contributed by atoms with van der Waals surface area (Å²) in [5.74, 6) is 4.88. The molecule has 12 heteroatoms. The number of nitrogens with zero attached hydrogens (tertiary/aromatic N) is 5. The van der Waals surface area contributed by atoms with Gasteiger partial charge >= 0.3 is 5.69 Å². The van der Waals surface area contributed by atoms with Gasteiger partial charge in [-0.25, -0.2) is 4.79 Å². The van der Waals surface area contributed by atoms with E-state index in [9.17, 15) is 24.0 Å². The van der Waals surface area contributed by atoms with Crippen molar-refractivity contribution in [1.82, 2.24) is 29.3 Å². The zero-order chi connectivity index (χ0) is 39.4. The number of hydrogen-bond donors (Lipinski definition) is 2. The fourth-order valence-corrected chi connectivity index (χ4v) is 7.98. The predicted molar refractivity (Wildman–Crippen MR) is 212 cm³/mol. The summed E-state index contributed by atoms with van der Waals surface area (Å²) >= 11 is 0. The first-order valence-electron chi connectivity index (χ1n) is 18.5. The Bertz CT molecular complexity index is 2800. The topological polar surface area (TPSA) is 162 Å². The second kappa shape index (κ2) is 14.1. The Labute approximate surface area is 322 Å². The minimum atomic E-state index is -0.709. The van der Waals surface area contributed by atoms with E-state index in [0.29, 0.717) is 35.2 Å². The van der Waals surface area contributed by atoms with Crippen molar-refractivity contribution in [1.29, 1.82) is 0 Å². The molecule has 3 aromatic heterocycles. The van der Waals surface area contributed by atoms with Crippen LogP contribution >= 0.6 is 0 Å². The van der Waals surface area contributed by atoms with Gasteiger partial charge in [0.1, 0.15) is 11.7 Å². The number of amides is 4. The van der Waals surface area contributed by atoms with Gasteiger partial charge in [0.05, 0.1) is 16.7 Å². The van der Waals surface area contributed by atoms with Crippen molar-refractivity contribution in [2.45, 2.75) is 58.0 Å². The van der Waals surface area contributed by atoms with Gasteiger partial charge in [0.15, 0.2) is 0 Å². The van der Waals surface area contributed by atoms with E-state index in [1.165, 1.54) is 4.90 Å². The second-order valence-corrected chi connectivity index (χ2v) is 14.7. The number of imide groups is 1. The summed E-state index contributed by atoms with van der Waals surface area (Å²) in [6.45, 7) is 4.48. The van der Waals surface area contributed by atoms with Gasteiger partial charge < -0.3 is 10.6 Å². The zero-order valence-corrected chi connectivity index (χ0v) is 31.5. The molecule has 56 heavy (non-hydrogen) atoms. The molecule has 1 atom stereocenters. The van der Waals surface area contributed by atoms with Crippen LogP contribution in [0.2, 0.25) is 0 Å². The SMILES string of the molecule is CC(C)c1cc(-c2cccc3cc(-c4cnc(C(N)=O)c(CCC#Cc5cccc6c5CN(C5CCC(=O)NC5=O)C6=O)c4)ncc23)cc2c1n(C)c(=O)n2C. The van der Waals surface area contributed by atoms with Crippen LogP contribution in [0.4, 0.5) is 0 Å². The van der Waals surface area contributed by atoms with Gasteiger partial charge in [-0.2, -0.15) is 0 Å². The summed E-state index contributed by atoms with van der Waals surface area (Å²) in [4.78, 5) is 73.5. The molecule has 3 aromatic carbocycles. The fourth-order valence-electron chi connectivity index (χ4n) is 7.98. The fraction of sp³-hybridized carbons (Fsp3) is 0.250. The van der Waals surface area contributed by atoms with Crippen LogP contribution in [0.1, 0.15) is 82.1 Å². The molecule has 0 aliphatic carbocycles. The first-order valence-corrected chi connectivity index (χ1v) is 18.5. The highest BCUT2D eigenvalue weighted by molar-refractivity contribution is 6.06. The monoisotopic (exact) mass is 745 g/mol. The summed E-state index contributed by atoms with van der Waals surface area (Å²) in [6.07, 6.45) is 4.68. The number of carbonyl (C=O) groups is 4. The van der Waals surface area contributed by atoms with E-state index in [4.69, 9.17) is 10.7 Å². The lowest BCUT2D eigenvalue weighted by Gasteiger charge is -2.29. The summed E-state index contributed by atoms with van der Waals surface area (Å²) in [5, 5.41) is 4.26. The van der Waals surface area contributed by atoms with Crippen LogP contribution < -0.4 is 16.7 Å². The molecule has 1 saturated heterocycles. The maximum Gasteiger partial charge on any atom is 0.328 e. The van der Waals surface area contributed by atoms with Crippen molar-refractivity contribution in [2.24, 2.45) is 19.8 Å². The third-order valence-corrected chi connectivity index (χ3v) is 10.9. The molecular formula is C44H39N7O5. The summed E-state index contributed by atoms with van der Waals surface area (Å²) < 4.78 is 3.40. The van der Waals surface area contributed by atoms with Gasteiger partial charge in [-0.3, -0.25) is 43.6 Å². The molecule has 8 rings (SSSR count). The Balaban J connectivity index is 1.06. The average Bonchev–Trinajstić information content (AvgIpc) is 3.63. The van der Waals surface area contributed by atoms with E-state index in [1.54, 1.807) is 34.5 Å². The van der Waals surface area contributed by atoms with Crippen LogP contribution in [-0.2, 0) is 36.6 Å². The molecule has 0 spiro atoms. The van der Waals surface area contributed by atoms with Crippen molar-refractivity contribution in [2.75, 3.05) is 0 Å². The molecule has 6 aromatic rings. The van der Waals surface area contributed by atoms with E-state index in [0.717, 1.165) is 49.6 Å². The lowest BCUT2D eigenvalue weighted by atomic mass is 9.93. The minimum Gasteiger partial charge on any atom is -0.364 e. The Morgan fingerprint density at radius 2 is 1.73 bits per heavy atom. The molecule has 2 aliphatic rings. The van der Waals surface area contributed by atoms with E-state index in [-0.39, 0.29) is 48.5 Å². The number of aryl methyl sites for hydroxylation is 3. The number of piperidine rings is 1. The highest BCUT2D eigenvalue weighted by atomic mass is 16.2. The molecule has 1 unspecified atom stereocenters. The molecule has 12 nitrogen and oxygen atoms in total. The van der Waals surface area contributed by atoms with Crippen LogP contribution in [0.15, 0.2) is 77.9 Å². The molecular weight excluding hydrogens is 707 g/mol. The highest BCUT2D eigenvalue weighted by Crippen LogP contribution is 2.36. The standard InChI is InChI=1S/C44H39N7O5/c1-24(2)32-18-28(20-37-40(32)50(4)44(56)49(37)3)30-13-8-12-26-19-35(46-22-33(26)30)29-17-27(39(41(45)53)47-21-29)10-6-5-9-25-11-7-14-31-34(25)23-51(43(31)55)36-15-16-38(52)48-42(36)54/h7-8,11-14,17-22,24,36H,6,10,15-16,23H2,1-4H3,(H2,45,53)(H,48,52,54). The van der Waals surface area contributed by atoms with Gasteiger partial charge in [-0.05, 0) is 88.4 Å². The van der Waals surface area contributed by atoms with Crippen molar-refractivity contribution < 1.29 is 19.2 Å². The zero-order valence-electron chi connectivity index (χ0n) is 31.5. The third kappa shape index (κ3) is 6.21. The van der Waals surface area contributed by atoms with Crippen molar-refractivity contribution in [3.8, 4) is 34.2 Å². The molecule has 0 radical (unpaired) electrons. The van der Waals surface area contributed by atoms with Crippen molar-refractivity contribution >= 4 is 45.4 Å². The number of hydrogen-bond acceptors (Lipinski definition) is 7. The molecule has 0 bridgehead atoms. The molecule has 4 amide bonds. The summed E-state index contributed by atoms with van der Waals surface area (Å²) in [7, 11) is 3.61. The van der Waals surface area contributed by atoms with Crippen LogP contribution in [0.25, 0.3) is 44.2 Å². The van der Waals surface area contributed by atoms with Crippen molar-refractivity contribution in [3.05, 3.63) is 117 Å². The van der Waals surface area contributed by atoms with E-state index in [1.807, 2.05) is 43.6 Å². The molecule has 1 fully saturated rings. The third-order valence-electron chi connectivity index (χ3n) is 10.9. The average molecular weight is 746 g/mol. The first kappa shape index (κ1) is 36.1. The second-order valence-electron chi connectivity index (χ2n) is 14.7. The van der Waals surface area contributed by atoms with Crippen LogP contribution in [0.5, 0.6) is 0 Å². The number of primary amides is 1. The van der Waals surface area contributed by atoms with Crippen LogP contribution in [-0.4, -0.2) is 53.7 Å². The number of benzene rings is 3. The van der Waals surface area contributed by atoms with Gasteiger partial charge in [-0.15, -0.1) is 0 Å². The minimum absolute atomic E-state index is 0.0669. The number of nitrogens with two attached hydrogens (primary N) is 1. The lowest BCUT2D eigenvalue weighted by Crippen LogP contribution is -2.52. The Hall–Kier alpha value is -6.87. The molecule has 3 N–H and O–H groups in total. The number of aromatic nitrogens is 4. The number of fused-ring (bicyclic) bond motifs is 3. The Morgan fingerprint density at radius 1 is 0.946 bits per heavy atom. The maximum absolute atomic E-state index is 13.2. The molecule has 5 heterocycles. The van der Waals surface area contributed by atoms with E-state index in [2.05, 4.69) is 54.2 Å². The lowest BCUT2D eigenvalue weighted by molar-refractivity contribution is -0.136. The van der Waals surface area contributed by atoms with Gasteiger partial charge in [-0.1, -0.05) is 50.0 Å². The first-order chi connectivity index (χ1) is 26.9. The van der Waals surface area contributed by atoms with E-state index >= 15 is 0 Å². The number of rotatable bonds is 7. The molecule has 2 aliphatic heterocycles. The Morgan fingerprint density at radius 3 is 2.50 bits per heavy atom.